The third-order valence-electron chi connectivity index (χ3n) is 6.47. The third kappa shape index (κ3) is 8.93. The molecule has 0 aliphatic carbocycles. The third-order valence-corrected chi connectivity index (χ3v) is 8.98. The van der Waals surface area contributed by atoms with Gasteiger partial charge in [0.2, 0.25) is 0 Å². The zero-order valence-electron chi connectivity index (χ0n) is 24.9. The van der Waals surface area contributed by atoms with Crippen molar-refractivity contribution in [3.8, 4) is 17.2 Å². The first-order valence-corrected chi connectivity index (χ1v) is 17.9. The summed E-state index contributed by atoms with van der Waals surface area (Å²) >= 11 is 0. The molecule has 18 nitrogen and oxygen atoms in total. The molecule has 0 unspecified atom stereocenters. The number of rotatable bonds is 13. The van der Waals surface area contributed by atoms with Crippen molar-refractivity contribution in [1.82, 2.24) is 9.97 Å². The molecule has 0 fully saturated rings. The van der Waals surface area contributed by atoms with Gasteiger partial charge in [0.05, 0.1) is 37.3 Å². The molecule has 5 aromatic rings. The molecule has 5 rings (SSSR count). The van der Waals surface area contributed by atoms with E-state index in [1.54, 1.807) is 24.3 Å². The monoisotopic (exact) mass is 750 g/mol. The quantitative estimate of drug-likeness (QED) is 0.0317. The number of aromatic hydroxyl groups is 1. The molecule has 0 amide bonds. The van der Waals surface area contributed by atoms with Crippen LogP contribution in [0.15, 0.2) is 104 Å². The largest absolute Gasteiger partial charge is 0.504 e. The molecule has 262 valence electrons. The summed E-state index contributed by atoms with van der Waals surface area (Å²) in [7, 11) is -14.4. The number of aromatic nitrogens is 2. The van der Waals surface area contributed by atoms with Crippen LogP contribution in [0.4, 0.5) is 27.3 Å². The highest BCUT2D eigenvalue weighted by atomic mass is 32.2. The van der Waals surface area contributed by atoms with Gasteiger partial charge in [0, 0.05) is 23.6 Å². The summed E-state index contributed by atoms with van der Waals surface area (Å²) in [5.41, 5.74) is 0.144. The van der Waals surface area contributed by atoms with Crippen LogP contribution < -0.4 is 20.1 Å². The maximum absolute atomic E-state index is 14.1. The second kappa shape index (κ2) is 14.1. The van der Waals surface area contributed by atoms with E-state index in [4.69, 9.17) is 9.47 Å². The van der Waals surface area contributed by atoms with Gasteiger partial charge in [0.15, 0.2) is 25.0 Å². The number of hydrogen-bond donors (Lipinski definition) is 6. The van der Waals surface area contributed by atoms with Crippen LogP contribution in [-0.4, -0.2) is 67.4 Å². The van der Waals surface area contributed by atoms with Gasteiger partial charge in [-0.05, 0) is 42.5 Å². The lowest BCUT2D eigenvalue weighted by Crippen LogP contribution is -2.12. The molecule has 0 spiro atoms. The van der Waals surface area contributed by atoms with Crippen molar-refractivity contribution in [3.63, 3.8) is 0 Å². The van der Waals surface area contributed by atoms with Crippen molar-refractivity contribution in [2.45, 2.75) is 14.7 Å². The number of azo groups is 1. The number of nitrogens with zero attached hydrogens (tertiary/aromatic N) is 4. The molecule has 6 N–H and O–H groups in total. The van der Waals surface area contributed by atoms with E-state index in [0.29, 0.717) is 11.5 Å². The molecule has 50 heavy (non-hydrogen) atoms. The topological polar surface area (TPSA) is 276 Å². The van der Waals surface area contributed by atoms with Gasteiger partial charge in [-0.15, -0.1) is 10.2 Å². The Kier molecular flexibility index (Phi) is 10.1. The normalized spacial score (nSPS) is 12.2. The smallest absolute Gasteiger partial charge is 0.311 e. The Bertz CT molecular complexity index is 2420. The molecule has 0 aliphatic heterocycles. The number of anilines is 2. The lowest BCUT2D eigenvalue weighted by atomic mass is 10.2. The van der Waals surface area contributed by atoms with Crippen molar-refractivity contribution in [1.29, 1.82) is 0 Å². The summed E-state index contributed by atoms with van der Waals surface area (Å²) < 4.78 is 123. The van der Waals surface area contributed by atoms with E-state index in [0.717, 1.165) is 24.3 Å². The number of hydrogen-bond acceptors (Lipinski definition) is 15. The molecule has 1 heterocycles. The van der Waals surface area contributed by atoms with Crippen LogP contribution in [0.5, 0.6) is 17.2 Å². The Morgan fingerprint density at radius 3 is 1.82 bits per heavy atom. The van der Waals surface area contributed by atoms with E-state index >= 15 is 0 Å². The number of ether oxygens (including phenoxy) is 2. The number of phenols is 1. The van der Waals surface area contributed by atoms with Gasteiger partial charge in [-0.1, -0.05) is 18.2 Å². The van der Waals surface area contributed by atoms with Gasteiger partial charge in [-0.25, -0.2) is 4.98 Å². The molecule has 0 saturated heterocycles. The zero-order chi connectivity index (χ0) is 36.3. The lowest BCUT2D eigenvalue weighted by molar-refractivity contribution is 0.342. The summed E-state index contributed by atoms with van der Waals surface area (Å²) in [6.07, 6.45) is -1.06. The van der Waals surface area contributed by atoms with Crippen LogP contribution >= 0.6 is 0 Å². The number of benzene rings is 4. The highest BCUT2D eigenvalue weighted by Crippen LogP contribution is 2.38. The molecule has 1 aromatic heterocycles. The van der Waals surface area contributed by atoms with Gasteiger partial charge in [-0.3, -0.25) is 13.7 Å². The molecule has 22 heteroatoms. The van der Waals surface area contributed by atoms with E-state index in [1.807, 2.05) is 0 Å². The molecule has 0 bridgehead atoms. The van der Waals surface area contributed by atoms with Gasteiger partial charge in [-0.2, -0.15) is 34.6 Å². The molecular formula is C28H23FN6O12S3. The maximum Gasteiger partial charge on any atom is 0.311 e. The summed E-state index contributed by atoms with van der Waals surface area (Å²) in [5.74, 6) is -0.980. The fourth-order valence-electron chi connectivity index (χ4n) is 4.21. The highest BCUT2D eigenvalue weighted by Gasteiger charge is 2.19. The summed E-state index contributed by atoms with van der Waals surface area (Å²) in [4.78, 5) is 5.17. The SMILES string of the molecule is O=S(=O)(O)c1cccc(OCNc2cc(N=Nc3nc(F)nc4ccccc34)cc(NCOc3cc(S(=O)(=O)O)cc(S(=O)(=O)O)c3)c2O)c1. The number of fused-ring (bicyclic) bond motifs is 1. The standard InChI is InChI=1S/C28H23FN6O12S3/c29-28-32-23-7-2-1-6-22(23)27(33-28)35-34-16-8-24(30-14-46-17-4-3-5-19(10-17)48(37,38)39)26(36)25(9-16)31-15-47-18-11-20(49(40,41)42)13-21(12-18)50(43,44)45/h1-13,30-31,36H,14-15H2,(H,37,38,39)(H,40,41,42)(H,43,44,45). The van der Waals surface area contributed by atoms with Crippen LogP contribution in [0.3, 0.4) is 0 Å². The average Bonchev–Trinajstić information content (AvgIpc) is 3.04. The first-order valence-electron chi connectivity index (χ1n) is 13.6. The summed E-state index contributed by atoms with van der Waals surface area (Å²) in [5, 5.41) is 24.9. The molecule has 0 saturated carbocycles. The van der Waals surface area contributed by atoms with Crippen LogP contribution in [0.2, 0.25) is 0 Å². The van der Waals surface area contributed by atoms with E-state index in [-0.39, 0.29) is 40.9 Å². The van der Waals surface area contributed by atoms with Gasteiger partial charge in [0.25, 0.3) is 30.4 Å². The van der Waals surface area contributed by atoms with Crippen LogP contribution in [0.1, 0.15) is 0 Å². The Balaban J connectivity index is 1.44. The van der Waals surface area contributed by atoms with Crippen molar-refractivity contribution < 1.29 is 57.9 Å². The number of para-hydroxylation sites is 1. The van der Waals surface area contributed by atoms with Crippen LogP contribution in [0, 0.1) is 6.08 Å². The Hall–Kier alpha value is -5.52. The average molecular weight is 751 g/mol. The summed E-state index contributed by atoms with van der Waals surface area (Å²) in [6.45, 7) is -0.949. The van der Waals surface area contributed by atoms with Crippen molar-refractivity contribution >= 4 is 64.1 Å². The second-order valence-electron chi connectivity index (χ2n) is 9.89. The van der Waals surface area contributed by atoms with E-state index < -0.39 is 69.3 Å². The van der Waals surface area contributed by atoms with E-state index in [9.17, 15) is 48.4 Å². The van der Waals surface area contributed by atoms with E-state index in [1.165, 1.54) is 24.3 Å². The minimum atomic E-state index is -4.92. The molecule has 0 radical (unpaired) electrons. The lowest BCUT2D eigenvalue weighted by Gasteiger charge is -2.16. The van der Waals surface area contributed by atoms with Gasteiger partial charge in [0.1, 0.15) is 11.5 Å². The first kappa shape index (κ1) is 35.8. The minimum Gasteiger partial charge on any atom is -0.504 e. The zero-order valence-corrected chi connectivity index (χ0v) is 27.3. The van der Waals surface area contributed by atoms with Gasteiger partial charge < -0.3 is 25.2 Å². The number of phenolic OH excluding ortho intramolecular Hbond substituents is 1. The second-order valence-corrected chi connectivity index (χ2v) is 14.2. The predicted molar refractivity (Wildman–Crippen MR) is 172 cm³/mol. The molecule has 4 aromatic carbocycles. The minimum absolute atomic E-state index is 0.0313. The fraction of sp³-hybridized carbons (Fsp3) is 0.0714. The Morgan fingerprint density at radius 1 is 0.660 bits per heavy atom. The Labute approximate surface area is 282 Å². The molecule has 0 atom stereocenters. The first-order chi connectivity index (χ1) is 23.5. The van der Waals surface area contributed by atoms with E-state index in [2.05, 4.69) is 30.8 Å². The van der Waals surface area contributed by atoms with Crippen LogP contribution in [-0.2, 0) is 30.4 Å². The maximum atomic E-state index is 14.1. The van der Waals surface area contributed by atoms with Gasteiger partial charge >= 0.3 is 6.08 Å². The molecular weight excluding hydrogens is 728 g/mol. The predicted octanol–water partition coefficient (Wildman–Crippen LogP) is 4.53. The van der Waals surface area contributed by atoms with Crippen molar-refractivity contribution in [2.24, 2.45) is 10.2 Å². The fourth-order valence-corrected chi connectivity index (χ4v) is 5.88. The Morgan fingerprint density at radius 2 is 1.22 bits per heavy atom. The molecule has 0 aliphatic rings. The number of halogens is 1. The van der Waals surface area contributed by atoms with Crippen LogP contribution in [0.25, 0.3) is 10.9 Å². The summed E-state index contributed by atoms with van der Waals surface area (Å²) in [6, 6.07) is 16.0. The number of nitrogens with one attached hydrogen (secondary N) is 2. The highest BCUT2D eigenvalue weighted by molar-refractivity contribution is 7.86. The van der Waals surface area contributed by atoms with Crippen molar-refractivity contribution in [2.75, 3.05) is 24.1 Å². The van der Waals surface area contributed by atoms with Crippen molar-refractivity contribution in [3.05, 3.63) is 84.9 Å².